The molecular weight excluding hydrogens is 677 g/mol. The smallest absolute Gasteiger partial charge is 0.114 e. The maximum absolute atomic E-state index is 4.89. The molecule has 2 unspecified atom stereocenters. The van der Waals surface area contributed by atoms with E-state index in [4.69, 9.17) is 8.75 Å². The molecule has 0 amide bonds. The number of aromatic nitrogens is 2. The highest BCUT2D eigenvalue weighted by atomic mass is 32.1. The van der Waals surface area contributed by atoms with Crippen molar-refractivity contribution < 1.29 is 0 Å². The molecule has 1 aromatic carbocycles. The molecule has 4 rings (SSSR count). The molecule has 2 nitrogen and oxygen atoms in total. The van der Waals surface area contributed by atoms with E-state index in [1.807, 2.05) is 22.7 Å². The van der Waals surface area contributed by atoms with E-state index in [0.29, 0.717) is 0 Å². The fourth-order valence-corrected chi connectivity index (χ4v) is 10.5. The van der Waals surface area contributed by atoms with E-state index in [1.165, 1.54) is 211 Å². The Morgan fingerprint density at radius 2 is 0.784 bits per heavy atom. The van der Waals surface area contributed by atoms with Crippen LogP contribution in [0.25, 0.3) is 31.9 Å². The Hall–Kier alpha value is -1.56. The standard InChI is InChI=1S/C46H72N2S3/c1-5-9-13-17-19-23-27-37(25-21-15-11-7-3)31-39-33-43(49-35-39)41-29-30-42(46-45(41)47-51-48-46)44-34-40(36-50-44)32-38(26-22-16-12-8-4)28-24-20-18-14-10-6-2/h29-30,33-38H,5-28,31-32H2,1-4H3. The van der Waals surface area contributed by atoms with Crippen LogP contribution in [0.4, 0.5) is 0 Å². The number of fused-ring (bicyclic) bond motifs is 1. The number of hydrogen-bond donors (Lipinski definition) is 0. The van der Waals surface area contributed by atoms with Crippen molar-refractivity contribution in [2.75, 3.05) is 0 Å². The van der Waals surface area contributed by atoms with Crippen molar-refractivity contribution in [2.24, 2.45) is 11.8 Å². The van der Waals surface area contributed by atoms with E-state index in [0.717, 1.165) is 22.9 Å². The minimum absolute atomic E-state index is 0.813. The summed E-state index contributed by atoms with van der Waals surface area (Å²) in [7, 11) is 0. The van der Waals surface area contributed by atoms with Crippen LogP contribution in [0.2, 0.25) is 0 Å². The molecule has 0 saturated heterocycles. The van der Waals surface area contributed by atoms with Gasteiger partial charge in [0.1, 0.15) is 11.0 Å². The number of nitrogens with zero attached hydrogens (tertiary/aromatic N) is 2. The summed E-state index contributed by atoms with van der Waals surface area (Å²) in [6, 6.07) is 9.63. The molecule has 0 spiro atoms. The molecule has 0 radical (unpaired) electrons. The maximum atomic E-state index is 4.89. The first-order valence-corrected chi connectivity index (χ1v) is 24.1. The molecular formula is C46H72N2S3. The number of unbranched alkanes of at least 4 members (excludes halogenated alkanes) is 16. The van der Waals surface area contributed by atoms with Gasteiger partial charge in [-0.25, -0.2) is 0 Å². The molecule has 5 heteroatoms. The molecule has 0 N–H and O–H groups in total. The van der Waals surface area contributed by atoms with Crippen LogP contribution in [0.15, 0.2) is 35.0 Å². The molecule has 4 aromatic rings. The molecule has 0 saturated carbocycles. The van der Waals surface area contributed by atoms with Crippen LogP contribution >= 0.6 is 34.4 Å². The third kappa shape index (κ3) is 15.0. The Morgan fingerprint density at radius 3 is 1.16 bits per heavy atom. The van der Waals surface area contributed by atoms with Crippen molar-refractivity contribution in [3.63, 3.8) is 0 Å². The van der Waals surface area contributed by atoms with Gasteiger partial charge in [-0.3, -0.25) is 0 Å². The summed E-state index contributed by atoms with van der Waals surface area (Å²) in [5.74, 6) is 1.63. The van der Waals surface area contributed by atoms with Crippen LogP contribution < -0.4 is 0 Å². The van der Waals surface area contributed by atoms with Crippen molar-refractivity contribution in [1.29, 1.82) is 0 Å². The van der Waals surface area contributed by atoms with E-state index in [1.54, 1.807) is 0 Å². The van der Waals surface area contributed by atoms with Crippen LogP contribution in [0, 0.1) is 11.8 Å². The predicted octanol–water partition coefficient (Wildman–Crippen LogP) is 16.9. The SMILES string of the molecule is CCCCCCCCC(CCCCCC)Cc1csc(-c2ccc(-c3cc(CC(CCCCCC)CCCCCCCC)cs3)c3nsnc23)c1. The topological polar surface area (TPSA) is 25.8 Å². The fourth-order valence-electron chi connectivity index (χ4n) is 8.02. The number of rotatable bonds is 30. The summed E-state index contributed by atoms with van der Waals surface area (Å²) in [5.41, 5.74) is 7.74. The van der Waals surface area contributed by atoms with Gasteiger partial charge in [0.25, 0.3) is 0 Å². The lowest BCUT2D eigenvalue weighted by Gasteiger charge is -2.16. The van der Waals surface area contributed by atoms with Crippen molar-refractivity contribution >= 4 is 45.4 Å². The van der Waals surface area contributed by atoms with E-state index in [2.05, 4.69) is 62.7 Å². The highest BCUT2D eigenvalue weighted by molar-refractivity contribution is 7.14. The Kier molecular flexibility index (Phi) is 21.1. The number of hydrogen-bond acceptors (Lipinski definition) is 5. The van der Waals surface area contributed by atoms with Crippen LogP contribution in [-0.4, -0.2) is 8.75 Å². The van der Waals surface area contributed by atoms with Gasteiger partial charge in [0.2, 0.25) is 0 Å². The zero-order chi connectivity index (χ0) is 35.9. The van der Waals surface area contributed by atoms with E-state index < -0.39 is 0 Å². The maximum Gasteiger partial charge on any atom is 0.114 e. The Labute approximate surface area is 326 Å². The zero-order valence-electron chi connectivity index (χ0n) is 33.1. The van der Waals surface area contributed by atoms with Crippen molar-refractivity contribution in [2.45, 2.75) is 195 Å². The summed E-state index contributed by atoms with van der Waals surface area (Å²) in [6.07, 6.45) is 35.7. The molecule has 3 aromatic heterocycles. The molecule has 0 aliphatic heterocycles. The van der Waals surface area contributed by atoms with Crippen molar-refractivity contribution in [3.8, 4) is 20.9 Å². The minimum Gasteiger partial charge on any atom is -0.172 e. The summed E-state index contributed by atoms with van der Waals surface area (Å²) in [6.45, 7) is 9.27. The highest BCUT2D eigenvalue weighted by Gasteiger charge is 2.18. The average molecular weight is 749 g/mol. The minimum atomic E-state index is 0.813. The van der Waals surface area contributed by atoms with Gasteiger partial charge in [-0.1, -0.05) is 194 Å². The normalized spacial score (nSPS) is 13.0. The first kappa shape index (κ1) is 42.2. The fraction of sp³-hybridized carbons (Fsp3) is 0.696. The van der Waals surface area contributed by atoms with Crippen LogP contribution in [0.1, 0.15) is 193 Å². The van der Waals surface area contributed by atoms with E-state index in [-0.39, 0.29) is 0 Å². The molecule has 0 aliphatic carbocycles. The largest absolute Gasteiger partial charge is 0.172 e. The van der Waals surface area contributed by atoms with Gasteiger partial charge in [-0.2, -0.15) is 8.75 Å². The lowest BCUT2D eigenvalue weighted by Crippen LogP contribution is -2.05. The number of benzene rings is 1. The van der Waals surface area contributed by atoms with Gasteiger partial charge < -0.3 is 0 Å². The van der Waals surface area contributed by atoms with Crippen molar-refractivity contribution in [1.82, 2.24) is 8.75 Å². The highest BCUT2D eigenvalue weighted by Crippen LogP contribution is 2.40. The molecule has 0 aliphatic rings. The van der Waals surface area contributed by atoms with Gasteiger partial charge in [-0.15, -0.1) is 22.7 Å². The van der Waals surface area contributed by atoms with Crippen molar-refractivity contribution in [3.05, 3.63) is 46.2 Å². The summed E-state index contributed by atoms with van der Waals surface area (Å²) < 4.78 is 9.77. The van der Waals surface area contributed by atoms with Gasteiger partial charge in [0.15, 0.2) is 0 Å². The molecule has 51 heavy (non-hydrogen) atoms. The Balaban J connectivity index is 1.40. The lowest BCUT2D eigenvalue weighted by molar-refractivity contribution is 0.402. The Bertz CT molecular complexity index is 1340. The third-order valence-electron chi connectivity index (χ3n) is 11.2. The van der Waals surface area contributed by atoms with Crippen LogP contribution in [-0.2, 0) is 12.8 Å². The monoisotopic (exact) mass is 748 g/mol. The molecule has 0 fully saturated rings. The Morgan fingerprint density at radius 1 is 0.451 bits per heavy atom. The van der Waals surface area contributed by atoms with E-state index >= 15 is 0 Å². The van der Waals surface area contributed by atoms with Gasteiger partial charge in [0.05, 0.1) is 11.7 Å². The lowest BCUT2D eigenvalue weighted by atomic mass is 9.89. The molecule has 2 atom stereocenters. The summed E-state index contributed by atoms with van der Waals surface area (Å²) >= 11 is 5.18. The number of thiophene rings is 2. The third-order valence-corrected chi connectivity index (χ3v) is 13.7. The second-order valence-corrected chi connectivity index (χ2v) is 18.1. The van der Waals surface area contributed by atoms with Crippen LogP contribution in [0.3, 0.4) is 0 Å². The second-order valence-electron chi connectivity index (χ2n) is 15.7. The zero-order valence-corrected chi connectivity index (χ0v) is 35.6. The first-order chi connectivity index (χ1) is 25.2. The second kappa shape index (κ2) is 25.5. The average Bonchev–Trinajstić information content (AvgIpc) is 3.93. The van der Waals surface area contributed by atoms with Gasteiger partial charge >= 0.3 is 0 Å². The molecule has 3 heterocycles. The summed E-state index contributed by atoms with van der Waals surface area (Å²) in [5, 5.41) is 4.87. The summed E-state index contributed by atoms with van der Waals surface area (Å²) in [4.78, 5) is 2.71. The van der Waals surface area contributed by atoms with Crippen LogP contribution in [0.5, 0.6) is 0 Å². The van der Waals surface area contributed by atoms with Gasteiger partial charge in [0, 0.05) is 20.9 Å². The molecule has 284 valence electrons. The first-order valence-electron chi connectivity index (χ1n) is 21.6. The predicted molar refractivity (Wildman–Crippen MR) is 232 cm³/mol. The molecule has 0 bridgehead atoms. The van der Waals surface area contributed by atoms with E-state index in [9.17, 15) is 0 Å². The van der Waals surface area contributed by atoms with Gasteiger partial charge in [-0.05, 0) is 58.7 Å². The quantitative estimate of drug-likeness (QED) is 0.0496.